The van der Waals surface area contributed by atoms with E-state index in [1.165, 1.54) is 0 Å². The number of amides is 1. The molecular weight excluding hydrogens is 307 g/mol. The van der Waals surface area contributed by atoms with E-state index < -0.39 is 10.3 Å². The van der Waals surface area contributed by atoms with Crippen molar-refractivity contribution in [2.45, 2.75) is 25.7 Å². The number of hydrogen-bond donors (Lipinski definition) is 1. The van der Waals surface area contributed by atoms with Crippen molar-refractivity contribution in [2.75, 3.05) is 5.32 Å². The van der Waals surface area contributed by atoms with E-state index >= 15 is 0 Å². The monoisotopic (exact) mass is 318 g/mol. The molecule has 0 fully saturated rings. The molecule has 0 atom stereocenters. The molecule has 2 rings (SSSR count). The van der Waals surface area contributed by atoms with Crippen LogP contribution in [0.15, 0.2) is 12.1 Å². The van der Waals surface area contributed by atoms with Gasteiger partial charge >= 0.3 is 119 Å². The van der Waals surface area contributed by atoms with Gasteiger partial charge in [0.15, 0.2) is 0 Å². The summed E-state index contributed by atoms with van der Waals surface area (Å²) in [4.78, 5) is 21.3. The summed E-state index contributed by atoms with van der Waals surface area (Å²) in [5, 5.41) is 13.0. The molecule has 19 heavy (non-hydrogen) atoms. The summed E-state index contributed by atoms with van der Waals surface area (Å²) in [7, 11) is 0. The van der Waals surface area contributed by atoms with Crippen molar-refractivity contribution in [3.63, 3.8) is 0 Å². The number of hydrogen-bond acceptors (Lipinski definition) is 3. The Morgan fingerprint density at radius 1 is 1.47 bits per heavy atom. The number of carbonyl (C=O) groups excluding carboxylic acids is 1. The second kappa shape index (κ2) is 4.71. The van der Waals surface area contributed by atoms with E-state index in [9.17, 15) is 14.9 Å². The minimum absolute atomic E-state index is 0.0390. The van der Waals surface area contributed by atoms with Crippen molar-refractivity contribution in [1.29, 1.82) is 0 Å². The Balaban J connectivity index is 2.38. The molecule has 1 amide bonds. The van der Waals surface area contributed by atoms with E-state index in [2.05, 4.69) is 28.1 Å². The maximum absolute atomic E-state index is 11.8. The fraction of sp³-hybridized carbons (Fsp3) is 0.308. The van der Waals surface area contributed by atoms with Crippen LogP contribution >= 0.6 is 0 Å². The van der Waals surface area contributed by atoms with Gasteiger partial charge in [-0.15, -0.1) is 0 Å². The first-order valence-electron chi connectivity index (χ1n) is 5.63. The van der Waals surface area contributed by atoms with E-state index in [0.29, 0.717) is 0 Å². The molecule has 0 unspecified atom stereocenters. The first-order chi connectivity index (χ1) is 8.82. The van der Waals surface area contributed by atoms with E-state index in [0.717, 1.165) is 21.2 Å². The number of rotatable bonds is 1. The molecule has 1 N–H and O–H groups in total. The second-order valence-electron chi connectivity index (χ2n) is 4.83. The van der Waals surface area contributed by atoms with Crippen molar-refractivity contribution in [3.8, 4) is 12.0 Å². The molecule has 5 nitrogen and oxygen atoms in total. The van der Waals surface area contributed by atoms with Gasteiger partial charge in [0.05, 0.1) is 0 Å². The number of nitrogens with one attached hydrogen (secondary N) is 1. The van der Waals surface area contributed by atoms with Crippen LogP contribution in [0.3, 0.4) is 0 Å². The quantitative estimate of drug-likeness (QED) is 0.269. The summed E-state index contributed by atoms with van der Waals surface area (Å²) in [6, 6.07) is 5.66. The van der Waals surface area contributed by atoms with Crippen LogP contribution in [-0.4, -0.2) is 27.7 Å². The average molecular weight is 318 g/mol. The van der Waals surface area contributed by atoms with Gasteiger partial charge in [0.25, 0.3) is 0 Å². The van der Waals surface area contributed by atoms with Gasteiger partial charge < -0.3 is 0 Å². The predicted molar refractivity (Wildman–Crippen MR) is 72.0 cm³/mol. The number of carbonyl (C=O) groups is 1. The third-order valence-corrected chi connectivity index (χ3v) is 4.03. The number of nitrogens with zero attached hydrogens (tertiary/aromatic N) is 1. The molecule has 0 aromatic heterocycles. The Kier molecular flexibility index (Phi) is 3.38. The van der Waals surface area contributed by atoms with Gasteiger partial charge in [0, 0.05) is 0 Å². The maximum atomic E-state index is 11.8. The normalized spacial score (nSPS) is 15.2. The Bertz CT molecular complexity index is 641. The van der Waals surface area contributed by atoms with Crippen molar-refractivity contribution in [3.05, 3.63) is 33.4 Å². The van der Waals surface area contributed by atoms with Gasteiger partial charge in [-0.05, 0) is 0 Å². The molecule has 1 aliphatic rings. The van der Waals surface area contributed by atoms with Gasteiger partial charge in [-0.2, -0.15) is 0 Å². The minimum atomic E-state index is -0.664. The standard InChI is InChI=1S/C13H11AsN2O3/c1-13(2)9-7-10(14)8(4-3-5-16(18)19)6-11(9)15-12(13)17/h6-7H,4H2,1-2H3,(H,15,17). The van der Waals surface area contributed by atoms with Crippen LogP contribution < -0.4 is 9.67 Å². The van der Waals surface area contributed by atoms with Crippen molar-refractivity contribution in [1.82, 2.24) is 0 Å². The molecule has 1 aromatic rings. The summed E-state index contributed by atoms with van der Waals surface area (Å²) in [6.45, 7) is 3.74. The Morgan fingerprint density at radius 2 is 2.16 bits per heavy atom. The fourth-order valence-corrected chi connectivity index (χ4v) is 2.57. The predicted octanol–water partition coefficient (Wildman–Crippen LogP) is 0.490. The van der Waals surface area contributed by atoms with E-state index in [1.807, 2.05) is 32.0 Å². The zero-order chi connectivity index (χ0) is 14.2. The number of fused-ring (bicyclic) bond motifs is 1. The fourth-order valence-electron chi connectivity index (χ4n) is 2.00. The van der Waals surface area contributed by atoms with E-state index in [1.54, 1.807) is 0 Å². The van der Waals surface area contributed by atoms with Crippen LogP contribution in [0.5, 0.6) is 0 Å². The van der Waals surface area contributed by atoms with Gasteiger partial charge in [0.2, 0.25) is 0 Å². The Labute approximate surface area is 119 Å². The molecule has 96 valence electrons. The number of benzene rings is 1. The SMILES string of the molecule is CC1(C)C(=O)Nc2cc(CC#C[N+](=O)[O-])c([As])cc21. The van der Waals surface area contributed by atoms with Crippen LogP contribution in [-0.2, 0) is 16.6 Å². The third kappa shape index (κ3) is 2.50. The summed E-state index contributed by atoms with van der Waals surface area (Å²) in [6.07, 6.45) is 0.286. The van der Waals surface area contributed by atoms with Crippen molar-refractivity contribution in [2.24, 2.45) is 0 Å². The summed E-state index contributed by atoms with van der Waals surface area (Å²) in [5.41, 5.74) is 2.03. The van der Waals surface area contributed by atoms with Gasteiger partial charge in [0.1, 0.15) is 0 Å². The summed E-state index contributed by atoms with van der Waals surface area (Å²) < 4.78 is 0.925. The molecule has 6 heteroatoms. The van der Waals surface area contributed by atoms with Crippen LogP contribution in [0.1, 0.15) is 25.0 Å². The molecule has 1 heterocycles. The second-order valence-corrected chi connectivity index (χ2v) is 5.84. The molecule has 0 aliphatic carbocycles. The Morgan fingerprint density at radius 3 is 2.79 bits per heavy atom. The van der Waals surface area contributed by atoms with Gasteiger partial charge in [-0.1, -0.05) is 0 Å². The molecule has 0 spiro atoms. The molecule has 0 saturated heterocycles. The molecule has 0 bridgehead atoms. The van der Waals surface area contributed by atoms with Crippen LogP contribution in [0, 0.1) is 22.1 Å². The van der Waals surface area contributed by atoms with Gasteiger partial charge in [-0.3, -0.25) is 0 Å². The van der Waals surface area contributed by atoms with Crippen LogP contribution in [0.25, 0.3) is 0 Å². The Hall–Kier alpha value is -1.79. The van der Waals surface area contributed by atoms with E-state index in [-0.39, 0.29) is 12.3 Å². The van der Waals surface area contributed by atoms with Crippen LogP contribution in [0.4, 0.5) is 5.69 Å². The molecule has 1 aliphatic heterocycles. The molecule has 1 aromatic carbocycles. The zero-order valence-electron chi connectivity index (χ0n) is 10.5. The molecule has 0 saturated carbocycles. The zero-order valence-corrected chi connectivity index (χ0v) is 12.4. The first kappa shape index (κ1) is 13.6. The summed E-state index contributed by atoms with van der Waals surface area (Å²) >= 11 is 2.42. The molecular formula is C13H11AsN2O3. The summed E-state index contributed by atoms with van der Waals surface area (Å²) in [5.74, 6) is 2.45. The van der Waals surface area contributed by atoms with Crippen LogP contribution in [0.2, 0.25) is 0 Å². The average Bonchev–Trinajstić information content (AvgIpc) is 2.51. The number of nitro groups is 1. The van der Waals surface area contributed by atoms with Gasteiger partial charge in [-0.25, -0.2) is 0 Å². The third-order valence-electron chi connectivity index (χ3n) is 3.16. The van der Waals surface area contributed by atoms with Crippen molar-refractivity contribution < 1.29 is 9.72 Å². The van der Waals surface area contributed by atoms with Crippen molar-refractivity contribution >= 4 is 32.8 Å². The van der Waals surface area contributed by atoms with E-state index in [4.69, 9.17) is 0 Å². The number of anilines is 1. The molecule has 2 radical (unpaired) electrons. The topological polar surface area (TPSA) is 72.2 Å². The first-order valence-corrected chi connectivity index (χ1v) is 6.57.